The van der Waals surface area contributed by atoms with Gasteiger partial charge in [-0.05, 0) is 12.0 Å². The molecule has 2 rings (SSSR count). The highest BCUT2D eigenvalue weighted by Gasteiger charge is 2.28. The predicted octanol–water partition coefficient (Wildman–Crippen LogP) is 1.75. The highest BCUT2D eigenvalue weighted by atomic mass is 19.4. The van der Waals surface area contributed by atoms with Crippen molar-refractivity contribution in [3.8, 4) is 0 Å². The van der Waals surface area contributed by atoms with Crippen LogP contribution in [0, 0.1) is 0 Å². The van der Waals surface area contributed by atoms with E-state index in [-0.39, 0.29) is 18.0 Å². The number of carbonyl (C=O) groups excluding carboxylic acids is 1. The Hall–Kier alpha value is -2.32. The van der Waals surface area contributed by atoms with Gasteiger partial charge in [0, 0.05) is 25.9 Å². The quantitative estimate of drug-likeness (QED) is 0.915. The highest BCUT2D eigenvalue weighted by molar-refractivity contribution is 5.90. The number of nitrogens with zero attached hydrogens (tertiary/aromatic N) is 4. The summed E-state index contributed by atoms with van der Waals surface area (Å²) in [6.45, 7) is -1.18. The topological polar surface area (TPSA) is 64.7 Å². The van der Waals surface area contributed by atoms with E-state index in [9.17, 15) is 18.0 Å². The van der Waals surface area contributed by atoms with E-state index in [1.165, 1.54) is 6.20 Å². The van der Waals surface area contributed by atoms with Crippen LogP contribution in [0.1, 0.15) is 12.0 Å². The molecule has 6 nitrogen and oxygen atoms in total. The molecule has 0 saturated carbocycles. The maximum atomic E-state index is 12.2. The fourth-order valence-electron chi connectivity index (χ4n) is 1.78. The van der Waals surface area contributed by atoms with E-state index >= 15 is 0 Å². The van der Waals surface area contributed by atoms with Crippen LogP contribution >= 0.6 is 0 Å². The summed E-state index contributed by atoms with van der Waals surface area (Å²) in [6, 6.07) is 0. The SMILES string of the molecule is Cn1cc(CCC(=O)Nc2cnn(CC(F)(F)F)c2)cn1. The molecule has 1 amide bonds. The number of alkyl halides is 3. The van der Waals surface area contributed by atoms with E-state index < -0.39 is 12.7 Å². The maximum absolute atomic E-state index is 12.2. The molecule has 114 valence electrons. The molecule has 21 heavy (non-hydrogen) atoms. The van der Waals surface area contributed by atoms with Crippen LogP contribution in [0.15, 0.2) is 24.8 Å². The zero-order chi connectivity index (χ0) is 15.5. The van der Waals surface area contributed by atoms with E-state index in [2.05, 4.69) is 15.5 Å². The van der Waals surface area contributed by atoms with Crippen molar-refractivity contribution < 1.29 is 18.0 Å². The first-order valence-corrected chi connectivity index (χ1v) is 6.18. The Morgan fingerprint density at radius 1 is 1.29 bits per heavy atom. The fourth-order valence-corrected chi connectivity index (χ4v) is 1.78. The normalized spacial score (nSPS) is 11.6. The molecule has 0 atom stereocenters. The summed E-state index contributed by atoms with van der Waals surface area (Å²) >= 11 is 0. The van der Waals surface area contributed by atoms with Gasteiger partial charge in [0.2, 0.25) is 5.91 Å². The standard InChI is InChI=1S/C12H14F3N5O/c1-19-6-9(4-16-19)2-3-11(21)18-10-5-17-20(7-10)8-12(13,14)15/h4-7H,2-3,8H2,1H3,(H,18,21). The number of aromatic nitrogens is 4. The third kappa shape index (κ3) is 4.93. The van der Waals surface area contributed by atoms with Crippen LogP contribution in [0.25, 0.3) is 0 Å². The number of hydrogen-bond donors (Lipinski definition) is 1. The van der Waals surface area contributed by atoms with E-state index in [1.54, 1.807) is 24.1 Å². The largest absolute Gasteiger partial charge is 0.408 e. The van der Waals surface area contributed by atoms with Crippen molar-refractivity contribution in [3.05, 3.63) is 30.4 Å². The van der Waals surface area contributed by atoms with E-state index in [1.807, 2.05) is 0 Å². The molecule has 1 N–H and O–H groups in total. The number of rotatable bonds is 5. The molecule has 0 spiro atoms. The molecular formula is C12H14F3N5O. The molecule has 0 unspecified atom stereocenters. The summed E-state index contributed by atoms with van der Waals surface area (Å²) < 4.78 is 38.9. The van der Waals surface area contributed by atoms with Crippen molar-refractivity contribution in [1.29, 1.82) is 0 Å². The Balaban J connectivity index is 1.82. The second-order valence-electron chi connectivity index (χ2n) is 4.61. The number of nitrogens with one attached hydrogen (secondary N) is 1. The molecule has 0 radical (unpaired) electrons. The second-order valence-corrected chi connectivity index (χ2v) is 4.61. The molecule has 2 aromatic rings. The first-order chi connectivity index (χ1) is 9.82. The van der Waals surface area contributed by atoms with Gasteiger partial charge in [-0.1, -0.05) is 0 Å². The summed E-state index contributed by atoms with van der Waals surface area (Å²) in [4.78, 5) is 11.7. The molecule has 0 aliphatic rings. The number of anilines is 1. The van der Waals surface area contributed by atoms with Gasteiger partial charge in [0.1, 0.15) is 6.54 Å². The molecule has 0 bridgehead atoms. The molecule has 0 aromatic carbocycles. The lowest BCUT2D eigenvalue weighted by molar-refractivity contribution is -0.142. The van der Waals surface area contributed by atoms with Crippen LogP contribution in [-0.4, -0.2) is 31.6 Å². The molecular weight excluding hydrogens is 287 g/mol. The Bertz CT molecular complexity index is 616. The summed E-state index contributed by atoms with van der Waals surface area (Å²) in [5.41, 5.74) is 1.16. The first-order valence-electron chi connectivity index (χ1n) is 6.18. The number of carbonyl (C=O) groups is 1. The van der Waals surface area contributed by atoms with Gasteiger partial charge in [0.25, 0.3) is 0 Å². The lowest BCUT2D eigenvalue weighted by Crippen LogP contribution is -2.18. The van der Waals surface area contributed by atoms with Gasteiger partial charge in [-0.3, -0.25) is 14.2 Å². The fraction of sp³-hybridized carbons (Fsp3) is 0.417. The van der Waals surface area contributed by atoms with Crippen molar-refractivity contribution >= 4 is 11.6 Å². The first kappa shape index (κ1) is 15.1. The van der Waals surface area contributed by atoms with Gasteiger partial charge in [-0.15, -0.1) is 0 Å². The van der Waals surface area contributed by atoms with E-state index in [0.717, 1.165) is 16.4 Å². The van der Waals surface area contributed by atoms with Crippen LogP contribution in [0.5, 0.6) is 0 Å². The van der Waals surface area contributed by atoms with E-state index in [4.69, 9.17) is 0 Å². The third-order valence-electron chi connectivity index (χ3n) is 2.66. The molecule has 0 aliphatic heterocycles. The van der Waals surface area contributed by atoms with Crippen molar-refractivity contribution in [1.82, 2.24) is 19.6 Å². The second kappa shape index (κ2) is 5.98. The van der Waals surface area contributed by atoms with Gasteiger partial charge in [-0.2, -0.15) is 23.4 Å². The van der Waals surface area contributed by atoms with Crippen LogP contribution in [0.4, 0.5) is 18.9 Å². The van der Waals surface area contributed by atoms with Gasteiger partial charge in [-0.25, -0.2) is 0 Å². The Labute approximate surface area is 118 Å². The van der Waals surface area contributed by atoms with Crippen LogP contribution < -0.4 is 5.32 Å². The molecule has 0 saturated heterocycles. The minimum atomic E-state index is -4.34. The molecule has 0 aliphatic carbocycles. The molecule has 2 aromatic heterocycles. The number of aryl methyl sites for hydroxylation is 2. The molecule has 0 fully saturated rings. The van der Waals surface area contributed by atoms with Crippen molar-refractivity contribution in [2.45, 2.75) is 25.6 Å². The number of hydrogen-bond acceptors (Lipinski definition) is 3. The highest BCUT2D eigenvalue weighted by Crippen LogP contribution is 2.18. The van der Waals surface area contributed by atoms with Crippen LogP contribution in [0.3, 0.4) is 0 Å². The van der Waals surface area contributed by atoms with Gasteiger partial charge < -0.3 is 5.32 Å². The van der Waals surface area contributed by atoms with Crippen molar-refractivity contribution in [2.75, 3.05) is 5.32 Å². The summed E-state index contributed by atoms with van der Waals surface area (Å²) in [5, 5.41) is 10.0. The summed E-state index contributed by atoms with van der Waals surface area (Å²) in [7, 11) is 1.78. The average Bonchev–Trinajstić information content (AvgIpc) is 2.94. The smallest absolute Gasteiger partial charge is 0.323 e. The maximum Gasteiger partial charge on any atom is 0.408 e. The lowest BCUT2D eigenvalue weighted by Gasteiger charge is -2.05. The lowest BCUT2D eigenvalue weighted by atomic mass is 10.2. The Morgan fingerprint density at radius 3 is 2.67 bits per heavy atom. The van der Waals surface area contributed by atoms with Crippen LogP contribution in [0.2, 0.25) is 0 Å². The summed E-state index contributed by atoms with van der Waals surface area (Å²) in [5.74, 6) is -0.287. The minimum absolute atomic E-state index is 0.218. The zero-order valence-corrected chi connectivity index (χ0v) is 11.3. The Kier molecular flexibility index (Phi) is 4.29. The third-order valence-corrected chi connectivity index (χ3v) is 2.66. The molecule has 2 heterocycles. The number of amides is 1. The number of halogens is 3. The van der Waals surface area contributed by atoms with E-state index in [0.29, 0.717) is 6.42 Å². The van der Waals surface area contributed by atoms with Gasteiger partial charge in [0.15, 0.2) is 0 Å². The van der Waals surface area contributed by atoms with Gasteiger partial charge >= 0.3 is 6.18 Å². The van der Waals surface area contributed by atoms with Crippen molar-refractivity contribution in [2.24, 2.45) is 7.05 Å². The Morgan fingerprint density at radius 2 is 2.05 bits per heavy atom. The van der Waals surface area contributed by atoms with Crippen LogP contribution in [-0.2, 0) is 24.8 Å². The zero-order valence-electron chi connectivity index (χ0n) is 11.3. The predicted molar refractivity (Wildman–Crippen MR) is 68.4 cm³/mol. The average molecular weight is 301 g/mol. The summed E-state index contributed by atoms with van der Waals surface area (Å²) in [6.07, 6.45) is 2.19. The molecule has 9 heteroatoms. The minimum Gasteiger partial charge on any atom is -0.323 e. The van der Waals surface area contributed by atoms with Crippen molar-refractivity contribution in [3.63, 3.8) is 0 Å². The van der Waals surface area contributed by atoms with Gasteiger partial charge in [0.05, 0.1) is 18.1 Å². The monoisotopic (exact) mass is 301 g/mol.